The summed E-state index contributed by atoms with van der Waals surface area (Å²) in [6.45, 7) is 6.18. The van der Waals surface area contributed by atoms with Crippen molar-refractivity contribution in [3.8, 4) is 0 Å². The number of hydrogen-bond donors (Lipinski definition) is 1. The number of anilines is 1. The average Bonchev–Trinajstić information content (AvgIpc) is 2.67. The molecule has 1 amide bonds. The zero-order valence-electron chi connectivity index (χ0n) is 14.2. The molecule has 0 aromatic carbocycles. The molecular formula is C17H27N5O2. The predicted octanol–water partition coefficient (Wildman–Crippen LogP) is 0.220. The van der Waals surface area contributed by atoms with Gasteiger partial charge < -0.3 is 19.8 Å². The normalized spacial score (nSPS) is 20.4. The highest BCUT2D eigenvalue weighted by molar-refractivity contribution is 5.76. The van der Waals surface area contributed by atoms with Crippen molar-refractivity contribution in [2.24, 2.45) is 5.92 Å². The molecule has 1 aromatic rings. The Morgan fingerprint density at radius 2 is 1.75 bits per heavy atom. The van der Waals surface area contributed by atoms with Gasteiger partial charge >= 0.3 is 0 Å². The third-order valence-corrected chi connectivity index (χ3v) is 5.07. The summed E-state index contributed by atoms with van der Waals surface area (Å²) in [7, 11) is 0. The summed E-state index contributed by atoms with van der Waals surface area (Å²) in [6, 6.07) is 1.81. The number of carbonyl (C=O) groups is 1. The van der Waals surface area contributed by atoms with E-state index in [2.05, 4.69) is 19.8 Å². The van der Waals surface area contributed by atoms with Crippen LogP contribution in [-0.4, -0.2) is 83.2 Å². The highest BCUT2D eigenvalue weighted by atomic mass is 16.3. The molecule has 0 unspecified atom stereocenters. The molecule has 7 nitrogen and oxygen atoms in total. The van der Waals surface area contributed by atoms with Crippen molar-refractivity contribution >= 4 is 11.9 Å². The van der Waals surface area contributed by atoms with Gasteiger partial charge in [-0.15, -0.1) is 0 Å². The number of amides is 1. The molecule has 132 valence electrons. The van der Waals surface area contributed by atoms with E-state index >= 15 is 0 Å². The Hall–Kier alpha value is -1.73. The third kappa shape index (κ3) is 4.42. The van der Waals surface area contributed by atoms with E-state index in [1.165, 1.54) is 0 Å². The standard InChI is InChI=1S/C17H27N5O2/c23-14-15-2-7-20(8-3-15)9-4-16(24)21-10-12-22(13-11-21)17-18-5-1-6-19-17/h1,5-6,15,23H,2-4,7-14H2. The van der Waals surface area contributed by atoms with Crippen molar-refractivity contribution in [3.05, 3.63) is 18.5 Å². The van der Waals surface area contributed by atoms with Gasteiger partial charge in [0.05, 0.1) is 0 Å². The molecule has 0 radical (unpaired) electrons. The summed E-state index contributed by atoms with van der Waals surface area (Å²) in [5, 5.41) is 9.18. The zero-order chi connectivity index (χ0) is 16.8. The minimum absolute atomic E-state index is 0.243. The molecule has 7 heteroatoms. The van der Waals surface area contributed by atoms with Crippen LogP contribution in [0.3, 0.4) is 0 Å². The van der Waals surface area contributed by atoms with Crippen LogP contribution in [0.25, 0.3) is 0 Å². The minimum Gasteiger partial charge on any atom is -0.396 e. The van der Waals surface area contributed by atoms with Gasteiger partial charge in [-0.05, 0) is 37.9 Å². The molecule has 3 heterocycles. The lowest BCUT2D eigenvalue weighted by Gasteiger charge is -2.35. The molecule has 1 aromatic heterocycles. The van der Waals surface area contributed by atoms with E-state index in [-0.39, 0.29) is 5.91 Å². The maximum Gasteiger partial charge on any atom is 0.225 e. The monoisotopic (exact) mass is 333 g/mol. The zero-order valence-corrected chi connectivity index (χ0v) is 14.2. The Bertz CT molecular complexity index is 511. The fraction of sp³-hybridized carbons (Fsp3) is 0.706. The van der Waals surface area contributed by atoms with Crippen LogP contribution in [0.5, 0.6) is 0 Å². The Balaban J connectivity index is 1.38. The Morgan fingerprint density at radius 1 is 1.08 bits per heavy atom. The van der Waals surface area contributed by atoms with Crippen LogP contribution in [0.2, 0.25) is 0 Å². The summed E-state index contributed by atoms with van der Waals surface area (Å²) in [5.41, 5.74) is 0. The van der Waals surface area contributed by atoms with Crippen molar-refractivity contribution in [1.82, 2.24) is 19.8 Å². The molecule has 0 atom stereocenters. The molecule has 0 saturated carbocycles. The number of carbonyl (C=O) groups excluding carboxylic acids is 1. The number of aliphatic hydroxyl groups excluding tert-OH is 1. The molecule has 2 fully saturated rings. The summed E-state index contributed by atoms with van der Waals surface area (Å²) < 4.78 is 0. The molecule has 3 rings (SSSR count). The van der Waals surface area contributed by atoms with Gasteiger partial charge in [0.15, 0.2) is 0 Å². The number of piperazine rings is 1. The molecule has 0 bridgehead atoms. The number of nitrogens with zero attached hydrogens (tertiary/aromatic N) is 5. The number of hydrogen-bond acceptors (Lipinski definition) is 6. The Labute approximate surface area is 143 Å². The van der Waals surface area contributed by atoms with Gasteiger partial charge in [0.25, 0.3) is 0 Å². The third-order valence-electron chi connectivity index (χ3n) is 5.07. The smallest absolute Gasteiger partial charge is 0.225 e. The summed E-state index contributed by atoms with van der Waals surface area (Å²) in [4.78, 5) is 27.4. The SMILES string of the molecule is O=C(CCN1CCC(CO)CC1)N1CCN(c2ncccn2)CC1. The molecule has 0 aliphatic carbocycles. The highest BCUT2D eigenvalue weighted by Crippen LogP contribution is 2.17. The van der Waals surface area contributed by atoms with Crippen LogP contribution < -0.4 is 4.90 Å². The second-order valence-corrected chi connectivity index (χ2v) is 6.63. The lowest BCUT2D eigenvalue weighted by atomic mass is 9.98. The van der Waals surface area contributed by atoms with E-state index in [9.17, 15) is 9.90 Å². The second-order valence-electron chi connectivity index (χ2n) is 6.63. The largest absolute Gasteiger partial charge is 0.396 e. The fourth-order valence-electron chi connectivity index (χ4n) is 3.41. The quantitative estimate of drug-likeness (QED) is 0.831. The van der Waals surface area contributed by atoms with Crippen molar-refractivity contribution in [1.29, 1.82) is 0 Å². The summed E-state index contributed by atoms with van der Waals surface area (Å²) >= 11 is 0. The Morgan fingerprint density at radius 3 is 2.38 bits per heavy atom. The van der Waals surface area contributed by atoms with Crippen LogP contribution in [0.1, 0.15) is 19.3 Å². The van der Waals surface area contributed by atoms with Crippen molar-refractivity contribution in [2.45, 2.75) is 19.3 Å². The van der Waals surface area contributed by atoms with Crippen LogP contribution in [0, 0.1) is 5.92 Å². The van der Waals surface area contributed by atoms with E-state index in [4.69, 9.17) is 0 Å². The van der Waals surface area contributed by atoms with Crippen molar-refractivity contribution in [2.75, 3.05) is 57.3 Å². The molecular weight excluding hydrogens is 306 g/mol. The predicted molar refractivity (Wildman–Crippen MR) is 91.7 cm³/mol. The topological polar surface area (TPSA) is 72.8 Å². The van der Waals surface area contributed by atoms with Gasteiger partial charge in [-0.2, -0.15) is 0 Å². The number of aromatic nitrogens is 2. The highest BCUT2D eigenvalue weighted by Gasteiger charge is 2.24. The van der Waals surface area contributed by atoms with Crippen molar-refractivity contribution < 1.29 is 9.90 Å². The van der Waals surface area contributed by atoms with E-state index in [1.54, 1.807) is 12.4 Å². The number of rotatable bonds is 5. The van der Waals surface area contributed by atoms with Crippen LogP contribution >= 0.6 is 0 Å². The lowest BCUT2D eigenvalue weighted by Crippen LogP contribution is -2.50. The first-order valence-corrected chi connectivity index (χ1v) is 8.89. The molecule has 2 saturated heterocycles. The Kier molecular flexibility index (Phi) is 5.98. The summed E-state index contributed by atoms with van der Waals surface area (Å²) in [6.07, 6.45) is 6.17. The molecule has 0 spiro atoms. The lowest BCUT2D eigenvalue weighted by molar-refractivity contribution is -0.131. The van der Waals surface area contributed by atoms with Crippen molar-refractivity contribution in [3.63, 3.8) is 0 Å². The summed E-state index contributed by atoms with van der Waals surface area (Å²) in [5.74, 6) is 1.44. The van der Waals surface area contributed by atoms with E-state index < -0.39 is 0 Å². The first-order valence-electron chi connectivity index (χ1n) is 8.89. The molecule has 2 aliphatic heterocycles. The number of likely N-dealkylation sites (tertiary alicyclic amines) is 1. The number of piperidine rings is 1. The molecule has 1 N–H and O–H groups in total. The second kappa shape index (κ2) is 8.39. The van der Waals surface area contributed by atoms with Gasteiger partial charge in [0, 0.05) is 58.1 Å². The van der Waals surface area contributed by atoms with Gasteiger partial charge in [-0.1, -0.05) is 0 Å². The van der Waals surface area contributed by atoms with Gasteiger partial charge in [0.2, 0.25) is 11.9 Å². The maximum absolute atomic E-state index is 12.4. The van der Waals surface area contributed by atoms with Crippen LogP contribution in [0.15, 0.2) is 18.5 Å². The minimum atomic E-state index is 0.243. The van der Waals surface area contributed by atoms with Gasteiger partial charge in [-0.3, -0.25) is 4.79 Å². The maximum atomic E-state index is 12.4. The first kappa shape index (κ1) is 17.1. The van der Waals surface area contributed by atoms with Crippen LogP contribution in [0.4, 0.5) is 5.95 Å². The fourth-order valence-corrected chi connectivity index (χ4v) is 3.41. The van der Waals surface area contributed by atoms with Gasteiger partial charge in [-0.25, -0.2) is 9.97 Å². The van der Waals surface area contributed by atoms with E-state index in [0.717, 1.165) is 64.6 Å². The van der Waals surface area contributed by atoms with E-state index in [1.807, 2.05) is 11.0 Å². The number of aliphatic hydroxyl groups is 1. The van der Waals surface area contributed by atoms with Crippen LogP contribution in [-0.2, 0) is 4.79 Å². The average molecular weight is 333 g/mol. The van der Waals surface area contributed by atoms with Gasteiger partial charge in [0.1, 0.15) is 0 Å². The molecule has 24 heavy (non-hydrogen) atoms. The van der Waals surface area contributed by atoms with E-state index in [0.29, 0.717) is 18.9 Å². The molecule has 2 aliphatic rings. The first-order chi connectivity index (χ1) is 11.8.